The number of fused-ring (bicyclic) bond motifs is 7. The minimum Gasteiger partial charge on any atom is -0.310 e. The van der Waals surface area contributed by atoms with Crippen molar-refractivity contribution in [2.45, 2.75) is 64.2 Å². The SMILES string of the molecule is CCC1(CC)c2ccccc2-c2ccc(N(c3ccc(C#N)cc3)c3ccc(-c4ccc(N(c5ccc(C#N)cc5)c5ccc6c(c5)C(CC)(CC)c5ccccc5-6)c5ccccc45)cc3)cc21. The van der Waals surface area contributed by atoms with Crippen LogP contribution in [0, 0.1) is 22.7 Å². The van der Waals surface area contributed by atoms with E-state index in [4.69, 9.17) is 0 Å². The number of hydrogen-bond donors (Lipinski definition) is 0. The van der Waals surface area contributed by atoms with Crippen LogP contribution in [0.3, 0.4) is 0 Å². The van der Waals surface area contributed by atoms with Gasteiger partial charge in [0.1, 0.15) is 0 Å². The fraction of sp³-hybridized carbons (Fsp3) is 0.156. The van der Waals surface area contributed by atoms with Gasteiger partial charge in [-0.25, -0.2) is 0 Å². The standard InChI is InChI=1S/C64H52N4/c1-5-63(6-2)58-19-13-11-16-53(58)55-35-33-49(39-60(55)63)67(46-27-21-43(41-65)22-28-46)47-31-25-45(26-32-47)51-37-38-62(57-18-10-9-15-52(51)57)68(48-29-23-44(42-66)24-30-48)50-34-36-56-54-17-12-14-20-59(54)64(7-3,8-4)61(56)40-50/h9-40H,5-8H2,1-4H3. The summed E-state index contributed by atoms with van der Waals surface area (Å²) in [5, 5.41) is 21.8. The van der Waals surface area contributed by atoms with Gasteiger partial charge in [0.2, 0.25) is 0 Å². The third-order valence-corrected chi connectivity index (χ3v) is 15.5. The maximum absolute atomic E-state index is 9.79. The second-order valence-corrected chi connectivity index (χ2v) is 18.3. The fourth-order valence-corrected chi connectivity index (χ4v) is 12.0. The van der Waals surface area contributed by atoms with Gasteiger partial charge in [0, 0.05) is 44.7 Å². The Morgan fingerprint density at radius 2 is 0.735 bits per heavy atom. The van der Waals surface area contributed by atoms with Crippen LogP contribution < -0.4 is 9.80 Å². The lowest BCUT2D eigenvalue weighted by Gasteiger charge is -2.32. The lowest BCUT2D eigenvalue weighted by atomic mass is 9.74. The molecule has 11 rings (SSSR count). The summed E-state index contributed by atoms with van der Waals surface area (Å²) in [5.74, 6) is 0. The van der Waals surface area contributed by atoms with E-state index in [1.54, 1.807) is 0 Å². The summed E-state index contributed by atoms with van der Waals surface area (Å²) in [6, 6.07) is 74.5. The second kappa shape index (κ2) is 16.9. The molecule has 0 aromatic heterocycles. The first kappa shape index (κ1) is 42.5. The van der Waals surface area contributed by atoms with Gasteiger partial charge in [-0.1, -0.05) is 131 Å². The summed E-state index contributed by atoms with van der Waals surface area (Å²) in [6.45, 7) is 9.27. The Morgan fingerprint density at radius 1 is 0.353 bits per heavy atom. The van der Waals surface area contributed by atoms with Crippen LogP contribution in [0.2, 0.25) is 0 Å². The fourth-order valence-electron chi connectivity index (χ4n) is 12.0. The average Bonchev–Trinajstić information content (AvgIpc) is 3.85. The molecular formula is C64H52N4. The van der Waals surface area contributed by atoms with Gasteiger partial charge in [0.25, 0.3) is 0 Å². The minimum absolute atomic E-state index is 0.0625. The van der Waals surface area contributed by atoms with E-state index in [2.05, 4.69) is 219 Å². The van der Waals surface area contributed by atoms with Crippen LogP contribution in [0.25, 0.3) is 44.2 Å². The maximum atomic E-state index is 9.79. The first-order chi connectivity index (χ1) is 33.4. The van der Waals surface area contributed by atoms with E-state index in [0.717, 1.165) is 81.7 Å². The van der Waals surface area contributed by atoms with E-state index in [0.29, 0.717) is 11.1 Å². The second-order valence-electron chi connectivity index (χ2n) is 18.3. The monoisotopic (exact) mass is 876 g/mol. The Hall–Kier alpha value is -8.18. The molecule has 2 aliphatic carbocycles. The minimum atomic E-state index is -0.0754. The van der Waals surface area contributed by atoms with Gasteiger partial charge in [-0.05, 0) is 178 Å². The number of nitriles is 2. The van der Waals surface area contributed by atoms with Crippen LogP contribution in [0.4, 0.5) is 34.1 Å². The van der Waals surface area contributed by atoms with Crippen LogP contribution in [-0.2, 0) is 10.8 Å². The molecule has 4 nitrogen and oxygen atoms in total. The zero-order valence-corrected chi connectivity index (χ0v) is 39.1. The van der Waals surface area contributed by atoms with Crippen LogP contribution in [-0.4, -0.2) is 0 Å². The molecule has 0 radical (unpaired) electrons. The molecule has 9 aromatic carbocycles. The molecule has 0 spiro atoms. The van der Waals surface area contributed by atoms with Crippen molar-refractivity contribution in [1.29, 1.82) is 10.5 Å². The smallest absolute Gasteiger partial charge is 0.0991 e. The number of nitrogens with zero attached hydrogens (tertiary/aromatic N) is 4. The zero-order valence-electron chi connectivity index (χ0n) is 39.1. The molecule has 0 amide bonds. The van der Waals surface area contributed by atoms with Gasteiger partial charge >= 0.3 is 0 Å². The van der Waals surface area contributed by atoms with Gasteiger partial charge in [0.05, 0.1) is 29.0 Å². The first-order valence-corrected chi connectivity index (χ1v) is 24.1. The molecule has 9 aromatic rings. The van der Waals surface area contributed by atoms with Crippen LogP contribution in [0.1, 0.15) is 86.8 Å². The molecule has 0 unspecified atom stereocenters. The van der Waals surface area contributed by atoms with Crippen molar-refractivity contribution >= 4 is 44.9 Å². The summed E-state index contributed by atoms with van der Waals surface area (Å²) < 4.78 is 0. The Labute approximate surface area is 400 Å². The number of rotatable bonds is 11. The van der Waals surface area contributed by atoms with E-state index >= 15 is 0 Å². The van der Waals surface area contributed by atoms with Crippen molar-refractivity contribution in [2.24, 2.45) is 0 Å². The lowest BCUT2D eigenvalue weighted by Crippen LogP contribution is -2.23. The lowest BCUT2D eigenvalue weighted by molar-refractivity contribution is 0.490. The molecular weight excluding hydrogens is 825 g/mol. The molecule has 0 bridgehead atoms. The van der Waals surface area contributed by atoms with Crippen LogP contribution in [0.15, 0.2) is 194 Å². The van der Waals surface area contributed by atoms with Crippen molar-refractivity contribution in [1.82, 2.24) is 0 Å². The maximum Gasteiger partial charge on any atom is 0.0991 e. The Bertz CT molecular complexity index is 3470. The molecule has 0 heterocycles. The van der Waals surface area contributed by atoms with E-state index in [-0.39, 0.29) is 10.8 Å². The molecule has 68 heavy (non-hydrogen) atoms. The van der Waals surface area contributed by atoms with Crippen LogP contribution in [0.5, 0.6) is 0 Å². The highest BCUT2D eigenvalue weighted by Gasteiger charge is 2.42. The van der Waals surface area contributed by atoms with E-state index in [1.165, 1.54) is 44.5 Å². The summed E-state index contributed by atoms with van der Waals surface area (Å²) in [4.78, 5) is 4.69. The first-order valence-electron chi connectivity index (χ1n) is 24.1. The predicted octanol–water partition coefficient (Wildman–Crippen LogP) is 17.4. The number of anilines is 6. The third kappa shape index (κ3) is 6.47. The van der Waals surface area contributed by atoms with E-state index < -0.39 is 0 Å². The quantitative estimate of drug-likeness (QED) is 0.130. The van der Waals surface area contributed by atoms with Crippen molar-refractivity contribution in [3.8, 4) is 45.5 Å². The normalized spacial score (nSPS) is 13.4. The van der Waals surface area contributed by atoms with Crippen molar-refractivity contribution in [3.05, 3.63) is 228 Å². The van der Waals surface area contributed by atoms with Crippen molar-refractivity contribution in [2.75, 3.05) is 9.80 Å². The number of hydrogen-bond acceptors (Lipinski definition) is 4. The predicted molar refractivity (Wildman–Crippen MR) is 282 cm³/mol. The molecule has 0 aliphatic heterocycles. The molecule has 0 saturated heterocycles. The molecule has 0 atom stereocenters. The molecule has 4 heteroatoms. The highest BCUT2D eigenvalue weighted by molar-refractivity contribution is 6.06. The van der Waals surface area contributed by atoms with Crippen molar-refractivity contribution < 1.29 is 0 Å². The molecule has 0 fully saturated rings. The van der Waals surface area contributed by atoms with Crippen LogP contribution >= 0.6 is 0 Å². The summed E-state index contributed by atoms with van der Waals surface area (Å²) in [6.07, 6.45) is 4.05. The van der Waals surface area contributed by atoms with Gasteiger partial charge in [-0.2, -0.15) is 10.5 Å². The molecule has 328 valence electrons. The summed E-state index contributed by atoms with van der Waals surface area (Å²) in [7, 11) is 0. The van der Waals surface area contributed by atoms with E-state index in [9.17, 15) is 10.5 Å². The Kier molecular flexibility index (Phi) is 10.6. The zero-order chi connectivity index (χ0) is 46.6. The molecule has 0 saturated carbocycles. The highest BCUT2D eigenvalue weighted by Crippen LogP contribution is 2.56. The Balaban J connectivity index is 1.02. The van der Waals surface area contributed by atoms with Gasteiger partial charge in [-0.15, -0.1) is 0 Å². The van der Waals surface area contributed by atoms with Gasteiger partial charge in [0.15, 0.2) is 0 Å². The van der Waals surface area contributed by atoms with Gasteiger partial charge in [-0.3, -0.25) is 0 Å². The van der Waals surface area contributed by atoms with Crippen molar-refractivity contribution in [3.63, 3.8) is 0 Å². The molecule has 2 aliphatic rings. The topological polar surface area (TPSA) is 54.1 Å². The third-order valence-electron chi connectivity index (χ3n) is 15.5. The summed E-state index contributed by atoms with van der Waals surface area (Å²) >= 11 is 0. The number of benzene rings is 9. The largest absolute Gasteiger partial charge is 0.310 e. The molecule has 0 N–H and O–H groups in total. The van der Waals surface area contributed by atoms with Gasteiger partial charge < -0.3 is 9.80 Å². The Morgan fingerprint density at radius 3 is 1.22 bits per heavy atom. The van der Waals surface area contributed by atoms with E-state index in [1.807, 2.05) is 24.3 Å². The highest BCUT2D eigenvalue weighted by atomic mass is 15.1. The summed E-state index contributed by atoms with van der Waals surface area (Å²) in [5.41, 5.74) is 20.5. The average molecular weight is 877 g/mol.